The smallest absolute Gasteiger partial charge is 0.338 e. The lowest BCUT2D eigenvalue weighted by molar-refractivity contribution is -0.138. The fourth-order valence-corrected chi connectivity index (χ4v) is 3.59. The van der Waals surface area contributed by atoms with Crippen molar-refractivity contribution in [2.75, 3.05) is 11.9 Å². The molecule has 1 aliphatic heterocycles. The zero-order valence-corrected chi connectivity index (χ0v) is 16.0. The predicted octanol–water partition coefficient (Wildman–Crippen LogP) is 3.72. The molecule has 0 spiro atoms. The molecule has 0 fully saturated rings. The van der Waals surface area contributed by atoms with E-state index in [1.54, 1.807) is 18.5 Å². The number of halogens is 3. The number of nitrogens with zero attached hydrogens (tertiary/aromatic N) is 2. The molecule has 1 aromatic heterocycles. The molecule has 0 saturated heterocycles. The van der Waals surface area contributed by atoms with Crippen LogP contribution in [0, 0.1) is 11.6 Å². The highest BCUT2D eigenvalue weighted by molar-refractivity contribution is 9.09. The van der Waals surface area contributed by atoms with Crippen molar-refractivity contribution in [1.29, 1.82) is 0 Å². The van der Waals surface area contributed by atoms with E-state index in [4.69, 9.17) is 4.74 Å². The molecule has 0 saturated carbocycles. The Kier molecular flexibility index (Phi) is 5.77. The van der Waals surface area contributed by atoms with Crippen LogP contribution in [0.15, 0.2) is 46.0 Å². The summed E-state index contributed by atoms with van der Waals surface area (Å²) in [5.41, 5.74) is 0.563. The number of esters is 1. The maximum absolute atomic E-state index is 14.4. The highest BCUT2D eigenvalue weighted by Crippen LogP contribution is 2.35. The van der Waals surface area contributed by atoms with Gasteiger partial charge in [0.1, 0.15) is 6.04 Å². The summed E-state index contributed by atoms with van der Waals surface area (Å²) in [6.45, 7) is 1.82. The lowest BCUT2D eigenvalue weighted by atomic mass is 9.95. The highest BCUT2D eigenvalue weighted by atomic mass is 79.9. The molecule has 1 N–H and O–H groups in total. The Hall–Kier alpha value is -2.13. The van der Waals surface area contributed by atoms with Crippen LogP contribution in [0.1, 0.15) is 23.5 Å². The summed E-state index contributed by atoms with van der Waals surface area (Å²) in [5.74, 6) is -2.30. The Balaban J connectivity index is 2.17. The van der Waals surface area contributed by atoms with Crippen LogP contribution in [0.5, 0.6) is 0 Å². The van der Waals surface area contributed by atoms with Crippen LogP contribution in [-0.2, 0) is 9.53 Å². The van der Waals surface area contributed by atoms with Crippen molar-refractivity contribution in [2.24, 2.45) is 4.99 Å². The van der Waals surface area contributed by atoms with Gasteiger partial charge in [-0.1, -0.05) is 28.1 Å². The van der Waals surface area contributed by atoms with Gasteiger partial charge in [0.25, 0.3) is 0 Å². The molecule has 5 nitrogen and oxygen atoms in total. The molecular weight excluding hydrogens is 428 g/mol. The second-order valence-electron chi connectivity index (χ2n) is 5.23. The molecule has 1 aromatic carbocycles. The molecule has 26 heavy (non-hydrogen) atoms. The van der Waals surface area contributed by atoms with Crippen molar-refractivity contribution in [3.05, 3.63) is 63.3 Å². The van der Waals surface area contributed by atoms with E-state index in [0.29, 0.717) is 16.5 Å². The van der Waals surface area contributed by atoms with Crippen molar-refractivity contribution < 1.29 is 18.3 Å². The number of thiazole rings is 1. The average Bonchev–Trinajstić information content (AvgIpc) is 3.18. The third-order valence-corrected chi connectivity index (χ3v) is 5.01. The number of hydrogen-bond acceptors (Lipinski definition) is 6. The van der Waals surface area contributed by atoms with Crippen LogP contribution in [0.3, 0.4) is 0 Å². The number of alkyl halides is 1. The number of benzene rings is 1. The summed E-state index contributed by atoms with van der Waals surface area (Å²) < 4.78 is 33.3. The summed E-state index contributed by atoms with van der Waals surface area (Å²) in [4.78, 5) is 21.1. The molecule has 1 aliphatic rings. The van der Waals surface area contributed by atoms with Gasteiger partial charge in [0, 0.05) is 28.2 Å². The third kappa shape index (κ3) is 3.54. The number of rotatable bonds is 5. The second-order valence-corrected chi connectivity index (χ2v) is 6.69. The molecule has 0 amide bonds. The number of aromatic nitrogens is 1. The number of carbonyl (C=O) groups excluding carboxylic acids is 1. The maximum Gasteiger partial charge on any atom is 0.338 e. The second kappa shape index (κ2) is 8.05. The van der Waals surface area contributed by atoms with Crippen molar-refractivity contribution in [3.8, 4) is 0 Å². The first-order chi connectivity index (χ1) is 12.6. The first-order valence-electron chi connectivity index (χ1n) is 7.71. The lowest BCUT2D eigenvalue weighted by Gasteiger charge is -2.26. The number of hydrogen-bond donors (Lipinski definition) is 1. The van der Waals surface area contributed by atoms with Crippen LogP contribution in [0.4, 0.5) is 8.78 Å². The largest absolute Gasteiger partial charge is 0.463 e. The molecular formula is C17H14BrF2N3O2S. The molecule has 1 atom stereocenters. The van der Waals surface area contributed by atoms with Gasteiger partial charge in [-0.3, -0.25) is 4.99 Å². The Labute approximate surface area is 160 Å². The number of amidine groups is 1. The minimum atomic E-state index is -1.04. The first kappa shape index (κ1) is 18.7. The summed E-state index contributed by atoms with van der Waals surface area (Å²) >= 11 is 4.67. The molecule has 2 heterocycles. The Morgan fingerprint density at radius 1 is 1.42 bits per heavy atom. The van der Waals surface area contributed by atoms with Gasteiger partial charge >= 0.3 is 5.97 Å². The summed E-state index contributed by atoms with van der Waals surface area (Å²) in [6, 6.07) is 2.76. The number of nitrogens with one attached hydrogen (secondary N) is 1. The van der Waals surface area contributed by atoms with Crippen LogP contribution >= 0.6 is 27.3 Å². The fourth-order valence-electron chi connectivity index (χ4n) is 2.56. The standard InChI is InChI=1S/C17H14BrF2N3O2S/c1-2-25-17(24)12-11(8-18)22-15(16-21-6-7-26-16)23-14(12)9-4-3-5-10(19)13(9)20/h3-7,14H,2,8H2,1H3,(H,22,23). The highest BCUT2D eigenvalue weighted by Gasteiger charge is 2.34. The zero-order valence-electron chi connectivity index (χ0n) is 13.6. The number of carbonyl (C=O) groups is 1. The molecule has 136 valence electrons. The van der Waals surface area contributed by atoms with Crippen molar-refractivity contribution in [2.45, 2.75) is 13.0 Å². The summed E-state index contributed by atoms with van der Waals surface area (Å²) in [7, 11) is 0. The van der Waals surface area contributed by atoms with Gasteiger partial charge in [-0.25, -0.2) is 18.6 Å². The molecule has 2 aromatic rings. The maximum atomic E-state index is 14.4. The Morgan fingerprint density at radius 2 is 2.23 bits per heavy atom. The van der Waals surface area contributed by atoms with Gasteiger partial charge < -0.3 is 10.1 Å². The summed E-state index contributed by atoms with van der Waals surface area (Å²) in [5, 5.41) is 5.67. The van der Waals surface area contributed by atoms with Gasteiger partial charge in [-0.15, -0.1) is 11.3 Å². The minimum absolute atomic E-state index is 0.0398. The van der Waals surface area contributed by atoms with E-state index in [0.717, 1.165) is 6.07 Å². The monoisotopic (exact) mass is 441 g/mol. The topological polar surface area (TPSA) is 63.6 Å². The van der Waals surface area contributed by atoms with Crippen molar-refractivity contribution >= 4 is 39.1 Å². The first-order valence-corrected chi connectivity index (χ1v) is 9.71. The van der Waals surface area contributed by atoms with E-state index >= 15 is 0 Å². The molecule has 3 rings (SSSR count). The van der Waals surface area contributed by atoms with E-state index in [9.17, 15) is 13.6 Å². The van der Waals surface area contributed by atoms with E-state index in [1.807, 2.05) is 0 Å². The Morgan fingerprint density at radius 3 is 2.88 bits per heavy atom. The van der Waals surface area contributed by atoms with Gasteiger partial charge in [-0.05, 0) is 13.0 Å². The van der Waals surface area contributed by atoms with Gasteiger partial charge in [0.15, 0.2) is 22.5 Å². The number of ether oxygens (including phenoxy) is 1. The average molecular weight is 442 g/mol. The molecule has 1 unspecified atom stereocenters. The van der Waals surface area contributed by atoms with Crippen molar-refractivity contribution in [1.82, 2.24) is 10.3 Å². The lowest BCUT2D eigenvalue weighted by Crippen LogP contribution is -2.34. The quantitative estimate of drug-likeness (QED) is 0.567. The van der Waals surface area contributed by atoms with E-state index in [1.165, 1.54) is 23.5 Å². The number of aliphatic imine (C=N–C) groups is 1. The van der Waals surface area contributed by atoms with Crippen molar-refractivity contribution in [3.63, 3.8) is 0 Å². The summed E-state index contributed by atoms with van der Waals surface area (Å²) in [6.07, 6.45) is 1.61. The molecule has 0 aliphatic carbocycles. The van der Waals surface area contributed by atoms with Gasteiger partial charge in [-0.2, -0.15) is 0 Å². The number of allylic oxidation sites excluding steroid dienone is 1. The third-order valence-electron chi connectivity index (χ3n) is 3.67. The van der Waals surface area contributed by atoms with Gasteiger partial charge in [0.2, 0.25) is 0 Å². The SMILES string of the molecule is CCOC(=O)C1=C(CBr)NC(c2nccs2)=NC1c1cccc(F)c1F. The minimum Gasteiger partial charge on any atom is -0.463 e. The van der Waals surface area contributed by atoms with Crippen LogP contribution in [-0.4, -0.2) is 28.7 Å². The molecule has 0 bridgehead atoms. The Bertz CT molecular complexity index is 884. The normalized spacial score (nSPS) is 16.9. The van der Waals surface area contributed by atoms with Gasteiger partial charge in [0.05, 0.1) is 12.2 Å². The molecule has 0 radical (unpaired) electrons. The fraction of sp³-hybridized carbons (Fsp3) is 0.235. The van der Waals surface area contributed by atoms with Crippen LogP contribution < -0.4 is 5.32 Å². The van der Waals surface area contributed by atoms with Crippen LogP contribution in [0.25, 0.3) is 0 Å². The van der Waals surface area contributed by atoms with E-state index in [-0.39, 0.29) is 23.1 Å². The van der Waals surface area contributed by atoms with Crippen LogP contribution in [0.2, 0.25) is 0 Å². The predicted molar refractivity (Wildman–Crippen MR) is 98.3 cm³/mol. The zero-order chi connectivity index (χ0) is 18.7. The van der Waals surface area contributed by atoms with E-state index < -0.39 is 23.6 Å². The molecule has 9 heteroatoms. The van der Waals surface area contributed by atoms with E-state index in [2.05, 4.69) is 31.2 Å².